The van der Waals surface area contributed by atoms with E-state index in [-0.39, 0.29) is 11.9 Å². The van der Waals surface area contributed by atoms with Crippen molar-refractivity contribution in [3.05, 3.63) is 65.7 Å². The van der Waals surface area contributed by atoms with Crippen LogP contribution in [-0.4, -0.2) is 19.7 Å². The second kappa shape index (κ2) is 8.23. The molecule has 3 nitrogen and oxygen atoms in total. The lowest BCUT2D eigenvalue weighted by Crippen LogP contribution is -2.22. The van der Waals surface area contributed by atoms with Crippen LogP contribution in [0.4, 0.5) is 0 Å². The number of rotatable bonds is 7. The van der Waals surface area contributed by atoms with Crippen molar-refractivity contribution in [1.82, 2.24) is 0 Å². The first kappa shape index (κ1) is 16.1. The van der Waals surface area contributed by atoms with Gasteiger partial charge in [0.1, 0.15) is 5.75 Å². The summed E-state index contributed by atoms with van der Waals surface area (Å²) in [6.07, 6.45) is 1.27. The molecule has 0 spiro atoms. The average Bonchev–Trinajstić information content (AvgIpc) is 2.56. The molecule has 116 valence electrons. The van der Waals surface area contributed by atoms with Gasteiger partial charge >= 0.3 is 5.97 Å². The molecular formula is C19H22O3. The summed E-state index contributed by atoms with van der Waals surface area (Å²) in [7, 11) is 1.65. The summed E-state index contributed by atoms with van der Waals surface area (Å²) in [6, 6.07) is 17.8. The molecule has 0 bridgehead atoms. The van der Waals surface area contributed by atoms with E-state index in [2.05, 4.69) is 0 Å². The number of esters is 1. The number of hydrogen-bond acceptors (Lipinski definition) is 3. The molecule has 0 aliphatic carbocycles. The second-order valence-electron chi connectivity index (χ2n) is 5.15. The molecule has 0 aliphatic rings. The van der Waals surface area contributed by atoms with Crippen LogP contribution in [0, 0.1) is 5.92 Å². The Balaban J connectivity index is 2.19. The van der Waals surface area contributed by atoms with E-state index in [0.717, 1.165) is 16.9 Å². The quantitative estimate of drug-likeness (QED) is 0.732. The first-order chi connectivity index (χ1) is 10.7. The van der Waals surface area contributed by atoms with E-state index >= 15 is 0 Å². The van der Waals surface area contributed by atoms with E-state index in [1.54, 1.807) is 7.11 Å². The molecule has 1 atom stereocenters. The topological polar surface area (TPSA) is 35.5 Å². The lowest BCUT2D eigenvalue weighted by atomic mass is 9.92. The molecule has 0 aliphatic heterocycles. The van der Waals surface area contributed by atoms with Gasteiger partial charge in [0.15, 0.2) is 0 Å². The third-order valence-electron chi connectivity index (χ3n) is 3.60. The fourth-order valence-electron chi connectivity index (χ4n) is 2.53. The van der Waals surface area contributed by atoms with Gasteiger partial charge in [0.25, 0.3) is 0 Å². The van der Waals surface area contributed by atoms with Crippen LogP contribution in [0.2, 0.25) is 0 Å². The number of ether oxygens (including phenoxy) is 2. The molecule has 0 fully saturated rings. The van der Waals surface area contributed by atoms with Gasteiger partial charge in [-0.15, -0.1) is 0 Å². The Morgan fingerprint density at radius 1 is 1.00 bits per heavy atom. The normalized spacial score (nSPS) is 11.7. The lowest BCUT2D eigenvalue weighted by Gasteiger charge is -2.17. The highest BCUT2D eigenvalue weighted by Crippen LogP contribution is 2.23. The zero-order valence-electron chi connectivity index (χ0n) is 13.1. The summed E-state index contributed by atoms with van der Waals surface area (Å²) in [5, 5.41) is 0. The fraction of sp³-hybridized carbons (Fsp3) is 0.316. The van der Waals surface area contributed by atoms with E-state index < -0.39 is 0 Å². The summed E-state index contributed by atoms with van der Waals surface area (Å²) in [6.45, 7) is 2.23. The Bertz CT molecular complexity index is 593. The van der Waals surface area contributed by atoms with Gasteiger partial charge in [0.05, 0.1) is 19.6 Å². The number of methoxy groups -OCH3 is 1. The Kier molecular flexibility index (Phi) is 6.01. The van der Waals surface area contributed by atoms with Crippen molar-refractivity contribution in [1.29, 1.82) is 0 Å². The Morgan fingerprint density at radius 2 is 1.68 bits per heavy atom. The third-order valence-corrected chi connectivity index (χ3v) is 3.60. The molecule has 2 rings (SSSR count). The monoisotopic (exact) mass is 298 g/mol. The number of carbonyl (C=O) groups excluding carboxylic acids is 1. The Morgan fingerprint density at radius 3 is 2.36 bits per heavy atom. The van der Waals surface area contributed by atoms with Crippen molar-refractivity contribution in [3.63, 3.8) is 0 Å². The zero-order chi connectivity index (χ0) is 15.8. The molecule has 0 radical (unpaired) electrons. The van der Waals surface area contributed by atoms with Crippen LogP contribution in [0.3, 0.4) is 0 Å². The minimum absolute atomic E-state index is 0.155. The minimum atomic E-state index is -0.210. The number of para-hydroxylation sites is 1. The highest BCUT2D eigenvalue weighted by Gasteiger charge is 2.22. The molecule has 1 unspecified atom stereocenters. The lowest BCUT2D eigenvalue weighted by molar-refractivity contribution is -0.147. The van der Waals surface area contributed by atoms with Gasteiger partial charge in [-0.3, -0.25) is 4.79 Å². The van der Waals surface area contributed by atoms with Gasteiger partial charge in [-0.1, -0.05) is 48.5 Å². The summed E-state index contributed by atoms with van der Waals surface area (Å²) < 4.78 is 10.6. The average molecular weight is 298 g/mol. The molecule has 2 aromatic rings. The van der Waals surface area contributed by atoms with E-state index in [0.29, 0.717) is 19.4 Å². The first-order valence-corrected chi connectivity index (χ1v) is 7.57. The molecule has 0 amide bonds. The third kappa shape index (κ3) is 4.35. The van der Waals surface area contributed by atoms with Gasteiger partial charge in [-0.2, -0.15) is 0 Å². The van der Waals surface area contributed by atoms with E-state index in [4.69, 9.17) is 9.47 Å². The van der Waals surface area contributed by atoms with Crippen LogP contribution in [0.1, 0.15) is 18.1 Å². The summed E-state index contributed by atoms with van der Waals surface area (Å²) in [5.41, 5.74) is 2.16. The summed E-state index contributed by atoms with van der Waals surface area (Å²) in [4.78, 5) is 12.3. The Hall–Kier alpha value is -2.29. The predicted molar refractivity (Wildman–Crippen MR) is 87.0 cm³/mol. The number of hydrogen-bond donors (Lipinski definition) is 0. The van der Waals surface area contributed by atoms with Gasteiger partial charge < -0.3 is 9.47 Å². The van der Waals surface area contributed by atoms with Crippen molar-refractivity contribution in [2.45, 2.75) is 19.8 Å². The molecule has 3 heteroatoms. The molecular weight excluding hydrogens is 276 g/mol. The SMILES string of the molecule is CCOC(=O)C(Cc1ccccc1)Cc1ccccc1OC. The van der Waals surface area contributed by atoms with Crippen LogP contribution in [-0.2, 0) is 22.4 Å². The van der Waals surface area contributed by atoms with Crippen LogP contribution in [0.25, 0.3) is 0 Å². The predicted octanol–water partition coefficient (Wildman–Crippen LogP) is 3.66. The first-order valence-electron chi connectivity index (χ1n) is 7.57. The largest absolute Gasteiger partial charge is 0.496 e. The zero-order valence-corrected chi connectivity index (χ0v) is 13.1. The maximum Gasteiger partial charge on any atom is 0.309 e. The fourth-order valence-corrected chi connectivity index (χ4v) is 2.53. The number of benzene rings is 2. The molecule has 2 aromatic carbocycles. The van der Waals surface area contributed by atoms with Gasteiger partial charge in [0.2, 0.25) is 0 Å². The summed E-state index contributed by atoms with van der Waals surface area (Å²) in [5.74, 6) is 0.445. The molecule has 22 heavy (non-hydrogen) atoms. The van der Waals surface area contributed by atoms with E-state index in [9.17, 15) is 4.79 Å². The molecule has 0 saturated carbocycles. The van der Waals surface area contributed by atoms with Gasteiger partial charge in [0, 0.05) is 0 Å². The Labute approximate surface area is 131 Å². The van der Waals surface area contributed by atoms with Crippen molar-refractivity contribution < 1.29 is 14.3 Å². The molecule has 0 saturated heterocycles. The van der Waals surface area contributed by atoms with Gasteiger partial charge in [-0.25, -0.2) is 0 Å². The van der Waals surface area contributed by atoms with Crippen molar-refractivity contribution in [2.75, 3.05) is 13.7 Å². The second-order valence-corrected chi connectivity index (χ2v) is 5.15. The molecule has 0 aromatic heterocycles. The van der Waals surface area contributed by atoms with E-state index in [1.807, 2.05) is 61.5 Å². The van der Waals surface area contributed by atoms with Crippen molar-refractivity contribution >= 4 is 5.97 Å². The molecule has 0 N–H and O–H groups in total. The summed E-state index contributed by atoms with van der Waals surface area (Å²) >= 11 is 0. The van der Waals surface area contributed by atoms with E-state index in [1.165, 1.54) is 0 Å². The molecule has 0 heterocycles. The highest BCUT2D eigenvalue weighted by molar-refractivity contribution is 5.73. The van der Waals surface area contributed by atoms with Crippen LogP contribution >= 0.6 is 0 Å². The van der Waals surface area contributed by atoms with Crippen LogP contribution in [0.5, 0.6) is 5.75 Å². The minimum Gasteiger partial charge on any atom is -0.496 e. The van der Waals surface area contributed by atoms with Gasteiger partial charge in [-0.05, 0) is 37.0 Å². The maximum atomic E-state index is 12.3. The smallest absolute Gasteiger partial charge is 0.309 e. The van der Waals surface area contributed by atoms with Crippen molar-refractivity contribution in [2.24, 2.45) is 5.92 Å². The standard InChI is InChI=1S/C19H22O3/c1-3-22-19(20)17(13-15-9-5-4-6-10-15)14-16-11-7-8-12-18(16)21-2/h4-12,17H,3,13-14H2,1-2H3. The van der Waals surface area contributed by atoms with Crippen LogP contribution < -0.4 is 4.74 Å². The highest BCUT2D eigenvalue weighted by atomic mass is 16.5. The maximum absolute atomic E-state index is 12.3. The van der Waals surface area contributed by atoms with Crippen LogP contribution in [0.15, 0.2) is 54.6 Å². The number of carbonyl (C=O) groups is 1. The van der Waals surface area contributed by atoms with Crippen molar-refractivity contribution in [3.8, 4) is 5.75 Å².